The maximum Gasteiger partial charge on any atom is 0.225 e. The van der Waals surface area contributed by atoms with Crippen molar-refractivity contribution in [2.45, 2.75) is 33.1 Å². The number of aryl methyl sites for hydroxylation is 1. The van der Waals surface area contributed by atoms with Crippen molar-refractivity contribution in [2.24, 2.45) is 0 Å². The van der Waals surface area contributed by atoms with Gasteiger partial charge in [0.1, 0.15) is 0 Å². The smallest absolute Gasteiger partial charge is 0.225 e. The summed E-state index contributed by atoms with van der Waals surface area (Å²) in [4.78, 5) is 21.8. The van der Waals surface area contributed by atoms with Gasteiger partial charge in [-0.25, -0.2) is 0 Å². The average molecular weight is 204 g/mol. The summed E-state index contributed by atoms with van der Waals surface area (Å²) in [6, 6.07) is 5.69. The van der Waals surface area contributed by atoms with Crippen LogP contribution in [0.1, 0.15) is 42.3 Å². The van der Waals surface area contributed by atoms with E-state index in [1.165, 1.54) is 0 Å². The van der Waals surface area contributed by atoms with Crippen LogP contribution < -0.4 is 0 Å². The second-order valence-corrected chi connectivity index (χ2v) is 4.76. The molecule has 0 saturated carbocycles. The first-order chi connectivity index (χ1) is 6.86. The van der Waals surface area contributed by atoms with Crippen molar-refractivity contribution in [3.05, 3.63) is 34.9 Å². The van der Waals surface area contributed by atoms with Crippen LogP contribution in [-0.4, -0.2) is 12.1 Å². The molecule has 1 rings (SSSR count). The minimum absolute atomic E-state index is 0.00832. The number of carbonyl (C=O) groups excluding carboxylic acids is 2. The van der Waals surface area contributed by atoms with Crippen molar-refractivity contribution in [1.29, 1.82) is 0 Å². The van der Waals surface area contributed by atoms with Crippen LogP contribution in [-0.2, 0) is 10.2 Å². The monoisotopic (exact) mass is 204 g/mol. The molecule has 2 heteroatoms. The lowest BCUT2D eigenvalue weighted by molar-refractivity contribution is -0.104. The molecule has 0 radical (unpaired) electrons. The van der Waals surface area contributed by atoms with Crippen LogP contribution in [0.2, 0.25) is 0 Å². The molecule has 0 saturated heterocycles. The van der Waals surface area contributed by atoms with Gasteiger partial charge in [-0.3, -0.25) is 9.59 Å². The molecule has 0 aliphatic carbocycles. The zero-order chi connectivity index (χ0) is 11.6. The summed E-state index contributed by atoms with van der Waals surface area (Å²) in [5, 5.41) is 0. The number of hydrogen-bond acceptors (Lipinski definition) is 2. The molecule has 0 heterocycles. The molecule has 0 amide bonds. The Morgan fingerprint density at radius 3 is 2.33 bits per heavy atom. The van der Waals surface area contributed by atoms with E-state index in [1.54, 1.807) is 0 Å². The Balaban J connectivity index is 3.29. The molecule has 0 spiro atoms. The number of hydrogen-bond donors (Lipinski definition) is 0. The Bertz CT molecular complexity index is 397. The van der Waals surface area contributed by atoms with Crippen LogP contribution in [0.5, 0.6) is 0 Å². The quantitative estimate of drug-likeness (QED) is 0.421. The third-order valence-corrected chi connectivity index (χ3v) is 2.48. The molecule has 0 aliphatic heterocycles. The van der Waals surface area contributed by atoms with Crippen molar-refractivity contribution in [3.63, 3.8) is 0 Å². The molecule has 1 aromatic carbocycles. The fourth-order valence-electron chi connectivity index (χ4n) is 1.42. The third kappa shape index (κ3) is 2.52. The lowest BCUT2D eigenvalue weighted by Crippen LogP contribution is -2.13. The molecule has 2 nitrogen and oxygen atoms in total. The molecule has 0 N–H and O–H groups in total. The molecule has 0 bridgehead atoms. The lowest BCUT2D eigenvalue weighted by atomic mass is 9.85. The van der Waals surface area contributed by atoms with Crippen LogP contribution in [0.3, 0.4) is 0 Å². The molecule has 0 aliphatic rings. The minimum Gasteiger partial charge on any atom is -0.294 e. The number of carbonyl (C=O) groups is 2. The first-order valence-electron chi connectivity index (χ1n) is 4.97. The first kappa shape index (κ1) is 11.6. The van der Waals surface area contributed by atoms with Crippen molar-refractivity contribution in [3.8, 4) is 0 Å². The fraction of sp³-hybridized carbons (Fsp3) is 0.385. The third-order valence-electron chi connectivity index (χ3n) is 2.48. The van der Waals surface area contributed by atoms with E-state index in [4.69, 9.17) is 0 Å². The van der Waals surface area contributed by atoms with E-state index >= 15 is 0 Å². The highest BCUT2D eigenvalue weighted by atomic mass is 16.2. The maximum absolute atomic E-state index is 11.3. The van der Waals surface area contributed by atoms with E-state index in [9.17, 15) is 9.59 Å². The summed E-state index contributed by atoms with van der Waals surface area (Å²) in [6.45, 7) is 8.07. The Morgan fingerprint density at radius 1 is 1.27 bits per heavy atom. The highest BCUT2D eigenvalue weighted by Crippen LogP contribution is 2.24. The molecule has 1 aromatic rings. The fourth-order valence-corrected chi connectivity index (χ4v) is 1.42. The first-order valence-corrected chi connectivity index (χ1v) is 4.97. The van der Waals surface area contributed by atoms with Gasteiger partial charge >= 0.3 is 0 Å². The Morgan fingerprint density at radius 2 is 1.87 bits per heavy atom. The van der Waals surface area contributed by atoms with Gasteiger partial charge in [0.25, 0.3) is 0 Å². The second kappa shape index (κ2) is 3.97. The van der Waals surface area contributed by atoms with Gasteiger partial charge in [0, 0.05) is 5.56 Å². The topological polar surface area (TPSA) is 34.1 Å². The largest absolute Gasteiger partial charge is 0.294 e. The van der Waals surface area contributed by atoms with Crippen molar-refractivity contribution in [1.82, 2.24) is 0 Å². The highest BCUT2D eigenvalue weighted by Gasteiger charge is 2.16. The van der Waals surface area contributed by atoms with E-state index in [2.05, 4.69) is 20.8 Å². The molecule has 15 heavy (non-hydrogen) atoms. The predicted octanol–water partition coefficient (Wildman–Crippen LogP) is 2.67. The van der Waals surface area contributed by atoms with Crippen LogP contribution >= 0.6 is 0 Å². The van der Waals surface area contributed by atoms with Crippen molar-refractivity contribution in [2.75, 3.05) is 0 Å². The second-order valence-electron chi connectivity index (χ2n) is 4.76. The number of aldehydes is 1. The number of Topliss-reactive ketones (excluding diaryl/α,β-unsaturated/α-hetero) is 1. The highest BCUT2D eigenvalue weighted by molar-refractivity contribution is 6.33. The summed E-state index contributed by atoms with van der Waals surface area (Å²) in [5.41, 5.74) is 2.42. The number of ketones is 1. The SMILES string of the molecule is Cc1ccc(C(C)(C)C)cc1C(=O)C=O. The minimum atomic E-state index is -0.446. The van der Waals surface area contributed by atoms with E-state index in [0.717, 1.165) is 11.1 Å². The lowest BCUT2D eigenvalue weighted by Gasteiger charge is -2.20. The van der Waals surface area contributed by atoms with E-state index < -0.39 is 5.78 Å². The van der Waals surface area contributed by atoms with Gasteiger partial charge in [0.05, 0.1) is 0 Å². The summed E-state index contributed by atoms with van der Waals surface area (Å²) < 4.78 is 0. The van der Waals surface area contributed by atoms with E-state index in [1.807, 2.05) is 25.1 Å². The van der Waals surface area contributed by atoms with E-state index in [0.29, 0.717) is 11.8 Å². The molecule has 0 fully saturated rings. The summed E-state index contributed by atoms with van der Waals surface area (Å²) >= 11 is 0. The molecule has 0 unspecified atom stereocenters. The number of rotatable bonds is 2. The van der Waals surface area contributed by atoms with Crippen LogP contribution in [0.25, 0.3) is 0 Å². The average Bonchev–Trinajstić information content (AvgIpc) is 2.15. The maximum atomic E-state index is 11.3. The zero-order valence-electron chi connectivity index (χ0n) is 9.63. The zero-order valence-corrected chi connectivity index (χ0v) is 9.63. The Hall–Kier alpha value is -1.44. The Kier molecular flexibility index (Phi) is 3.08. The molecular formula is C13H16O2. The van der Waals surface area contributed by atoms with Gasteiger partial charge in [-0.2, -0.15) is 0 Å². The van der Waals surface area contributed by atoms with Gasteiger partial charge in [-0.1, -0.05) is 32.9 Å². The normalized spacial score (nSPS) is 11.2. The summed E-state index contributed by atoms with van der Waals surface area (Å²) in [6.07, 6.45) is 0.370. The van der Waals surface area contributed by atoms with Crippen LogP contribution in [0.15, 0.2) is 18.2 Å². The van der Waals surface area contributed by atoms with Crippen LogP contribution in [0.4, 0.5) is 0 Å². The van der Waals surface area contributed by atoms with Crippen molar-refractivity contribution < 1.29 is 9.59 Å². The molecule has 0 aromatic heterocycles. The van der Waals surface area contributed by atoms with Gasteiger partial charge in [0.2, 0.25) is 5.78 Å². The van der Waals surface area contributed by atoms with Crippen LogP contribution in [0, 0.1) is 6.92 Å². The summed E-state index contributed by atoms with van der Waals surface area (Å²) in [5.74, 6) is -0.446. The number of benzene rings is 1. The van der Waals surface area contributed by atoms with Gasteiger partial charge in [-0.05, 0) is 29.5 Å². The van der Waals surface area contributed by atoms with Gasteiger partial charge in [-0.15, -0.1) is 0 Å². The van der Waals surface area contributed by atoms with Gasteiger partial charge in [0.15, 0.2) is 6.29 Å². The molecular weight excluding hydrogens is 188 g/mol. The standard InChI is InChI=1S/C13H16O2/c1-9-5-6-10(13(2,3)4)7-11(9)12(15)8-14/h5-8H,1-4H3. The molecule has 0 atom stereocenters. The van der Waals surface area contributed by atoms with Gasteiger partial charge < -0.3 is 0 Å². The van der Waals surface area contributed by atoms with E-state index in [-0.39, 0.29) is 5.41 Å². The predicted molar refractivity (Wildman–Crippen MR) is 60.3 cm³/mol. The van der Waals surface area contributed by atoms with Crippen molar-refractivity contribution >= 4 is 12.1 Å². The summed E-state index contributed by atoms with van der Waals surface area (Å²) in [7, 11) is 0. The molecule has 80 valence electrons. The Labute approximate surface area is 90.3 Å².